The number of aromatic nitrogens is 2. The summed E-state index contributed by atoms with van der Waals surface area (Å²) in [4.78, 5) is 31.3. The van der Waals surface area contributed by atoms with Gasteiger partial charge >= 0.3 is 0 Å². The van der Waals surface area contributed by atoms with E-state index in [9.17, 15) is 9.59 Å². The van der Waals surface area contributed by atoms with Gasteiger partial charge in [-0.15, -0.1) is 0 Å². The summed E-state index contributed by atoms with van der Waals surface area (Å²) in [5.74, 6) is 0.731. The Morgan fingerprint density at radius 3 is 2.80 bits per heavy atom. The van der Waals surface area contributed by atoms with Crippen molar-refractivity contribution in [1.29, 1.82) is 0 Å². The molecule has 2 amide bonds. The number of carbonyl (C=O) groups is 2. The highest BCUT2D eigenvalue weighted by atomic mass is 16.2. The number of amides is 2. The van der Waals surface area contributed by atoms with Crippen molar-refractivity contribution < 1.29 is 9.59 Å². The lowest BCUT2D eigenvalue weighted by Gasteiger charge is -2.25. The number of carbonyl (C=O) groups excluding carboxylic acids is 2. The molecular formula is C19H26N4O2. The monoisotopic (exact) mass is 342 g/mol. The Morgan fingerprint density at radius 1 is 1.32 bits per heavy atom. The van der Waals surface area contributed by atoms with E-state index in [0.717, 1.165) is 36.2 Å². The third kappa shape index (κ3) is 3.38. The summed E-state index contributed by atoms with van der Waals surface area (Å²) in [5.41, 5.74) is 2.01. The van der Waals surface area contributed by atoms with Gasteiger partial charge in [0.05, 0.1) is 17.6 Å². The summed E-state index contributed by atoms with van der Waals surface area (Å²) < 4.78 is 2.11. The van der Waals surface area contributed by atoms with Gasteiger partial charge in [-0.3, -0.25) is 9.59 Å². The maximum absolute atomic E-state index is 12.6. The van der Waals surface area contributed by atoms with Crippen molar-refractivity contribution in [2.24, 2.45) is 5.92 Å². The number of aryl methyl sites for hydroxylation is 1. The van der Waals surface area contributed by atoms with Crippen LogP contribution in [0.4, 0.5) is 0 Å². The quantitative estimate of drug-likeness (QED) is 0.907. The van der Waals surface area contributed by atoms with Gasteiger partial charge in [-0.2, -0.15) is 0 Å². The van der Waals surface area contributed by atoms with Crippen molar-refractivity contribution in [2.45, 2.75) is 52.7 Å². The van der Waals surface area contributed by atoms with E-state index >= 15 is 0 Å². The van der Waals surface area contributed by atoms with Crippen LogP contribution in [0.3, 0.4) is 0 Å². The summed E-state index contributed by atoms with van der Waals surface area (Å²) in [5, 5.41) is 2.98. The minimum atomic E-state index is -0.352. The Hall–Kier alpha value is -2.37. The van der Waals surface area contributed by atoms with E-state index in [1.807, 2.05) is 38.1 Å². The van der Waals surface area contributed by atoms with Crippen LogP contribution >= 0.6 is 0 Å². The third-order valence-corrected chi connectivity index (χ3v) is 4.80. The highest BCUT2D eigenvalue weighted by Crippen LogP contribution is 2.20. The highest BCUT2D eigenvalue weighted by molar-refractivity contribution is 5.89. The Labute approximate surface area is 148 Å². The molecule has 1 N–H and O–H groups in total. The van der Waals surface area contributed by atoms with Crippen LogP contribution in [0.5, 0.6) is 0 Å². The number of nitrogens with zero attached hydrogens (tertiary/aromatic N) is 3. The number of fused-ring (bicyclic) bond motifs is 1. The summed E-state index contributed by atoms with van der Waals surface area (Å²) in [6.07, 6.45) is 1.61. The molecule has 1 aliphatic heterocycles. The zero-order chi connectivity index (χ0) is 18.0. The first-order valence-corrected chi connectivity index (χ1v) is 9.05. The minimum absolute atomic E-state index is 0.0541. The average molecular weight is 342 g/mol. The van der Waals surface area contributed by atoms with Crippen LogP contribution in [0, 0.1) is 5.92 Å². The summed E-state index contributed by atoms with van der Waals surface area (Å²) >= 11 is 0. The maximum Gasteiger partial charge on any atom is 0.243 e. The van der Waals surface area contributed by atoms with E-state index in [1.54, 1.807) is 4.90 Å². The molecule has 1 atom stereocenters. The van der Waals surface area contributed by atoms with E-state index in [-0.39, 0.29) is 23.8 Å². The van der Waals surface area contributed by atoms with Crippen LogP contribution in [0.1, 0.15) is 39.4 Å². The molecule has 6 nitrogen and oxygen atoms in total. The fraction of sp³-hybridized carbons (Fsp3) is 0.526. The van der Waals surface area contributed by atoms with Crippen molar-refractivity contribution in [2.75, 3.05) is 6.54 Å². The van der Waals surface area contributed by atoms with E-state index in [0.29, 0.717) is 13.1 Å². The van der Waals surface area contributed by atoms with E-state index in [1.165, 1.54) is 0 Å². The lowest BCUT2D eigenvalue weighted by Crippen LogP contribution is -2.47. The van der Waals surface area contributed by atoms with Crippen LogP contribution < -0.4 is 5.32 Å². The summed E-state index contributed by atoms with van der Waals surface area (Å²) in [6, 6.07) is 7.62. The molecule has 6 heteroatoms. The second-order valence-electron chi connectivity index (χ2n) is 6.82. The van der Waals surface area contributed by atoms with Crippen LogP contribution in [-0.2, 0) is 22.7 Å². The largest absolute Gasteiger partial charge is 0.347 e. The molecule has 134 valence electrons. The Morgan fingerprint density at radius 2 is 2.08 bits per heavy atom. The van der Waals surface area contributed by atoms with Gasteiger partial charge in [0.25, 0.3) is 0 Å². The lowest BCUT2D eigenvalue weighted by atomic mass is 10.1. The van der Waals surface area contributed by atoms with Gasteiger partial charge in [0.2, 0.25) is 11.8 Å². The molecule has 3 rings (SSSR count). The lowest BCUT2D eigenvalue weighted by molar-refractivity contribution is -0.140. The van der Waals surface area contributed by atoms with Gasteiger partial charge in [-0.05, 0) is 31.9 Å². The number of imidazole rings is 1. The van der Waals surface area contributed by atoms with E-state index in [2.05, 4.69) is 21.8 Å². The molecule has 0 aliphatic carbocycles. The van der Waals surface area contributed by atoms with Gasteiger partial charge < -0.3 is 14.8 Å². The number of hydrogen-bond acceptors (Lipinski definition) is 3. The second kappa shape index (κ2) is 7.25. The molecular weight excluding hydrogens is 316 g/mol. The van der Waals surface area contributed by atoms with Gasteiger partial charge in [-0.1, -0.05) is 26.0 Å². The molecule has 0 bridgehead atoms. The molecule has 0 saturated carbocycles. The topological polar surface area (TPSA) is 67.2 Å². The maximum atomic E-state index is 12.6. The van der Waals surface area contributed by atoms with Gasteiger partial charge in [0, 0.05) is 19.0 Å². The van der Waals surface area contributed by atoms with Gasteiger partial charge in [0.15, 0.2) is 0 Å². The first-order chi connectivity index (χ1) is 12.0. The van der Waals surface area contributed by atoms with Crippen LogP contribution in [0.15, 0.2) is 24.3 Å². The molecule has 0 unspecified atom stereocenters. The first-order valence-electron chi connectivity index (χ1n) is 9.05. The first kappa shape index (κ1) is 17.5. The molecule has 0 spiro atoms. The summed E-state index contributed by atoms with van der Waals surface area (Å²) in [6.45, 7) is 7.66. The van der Waals surface area contributed by atoms with Crippen LogP contribution in [0.25, 0.3) is 11.0 Å². The van der Waals surface area contributed by atoms with Crippen LogP contribution in [-0.4, -0.2) is 38.9 Å². The SMILES string of the molecule is CCn1c(CNC(=O)[C@@H]2CCCN2C(=O)C(C)C)nc2ccccc21. The molecule has 1 saturated heterocycles. The smallest absolute Gasteiger partial charge is 0.243 e. The molecule has 1 aromatic carbocycles. The van der Waals surface area contributed by atoms with Gasteiger partial charge in [-0.25, -0.2) is 4.98 Å². The predicted octanol–water partition coefficient (Wildman–Crippen LogP) is 2.32. The number of likely N-dealkylation sites (tertiary alicyclic amines) is 1. The van der Waals surface area contributed by atoms with E-state index in [4.69, 9.17) is 0 Å². The van der Waals surface area contributed by atoms with Crippen LogP contribution in [0.2, 0.25) is 0 Å². The standard InChI is InChI=1S/C19H26N4O2/c1-4-22-15-9-6-5-8-14(15)21-17(22)12-20-18(24)16-10-7-11-23(16)19(25)13(2)3/h5-6,8-9,13,16H,4,7,10-12H2,1-3H3,(H,20,24)/t16-/m0/s1. The van der Waals surface area contributed by atoms with E-state index < -0.39 is 0 Å². The van der Waals surface area contributed by atoms with Crippen molar-refractivity contribution in [3.05, 3.63) is 30.1 Å². The molecule has 1 fully saturated rings. The summed E-state index contributed by atoms with van der Waals surface area (Å²) in [7, 11) is 0. The number of benzene rings is 1. The molecule has 25 heavy (non-hydrogen) atoms. The molecule has 2 aromatic rings. The number of rotatable bonds is 5. The minimum Gasteiger partial charge on any atom is -0.347 e. The van der Waals surface area contributed by atoms with Crippen molar-refractivity contribution in [3.8, 4) is 0 Å². The zero-order valence-corrected chi connectivity index (χ0v) is 15.2. The zero-order valence-electron chi connectivity index (χ0n) is 15.2. The van der Waals surface area contributed by atoms with Gasteiger partial charge in [0.1, 0.15) is 11.9 Å². The molecule has 1 aromatic heterocycles. The third-order valence-electron chi connectivity index (χ3n) is 4.80. The Bertz CT molecular complexity index is 781. The molecule has 0 radical (unpaired) electrons. The van der Waals surface area contributed by atoms with Crippen molar-refractivity contribution in [1.82, 2.24) is 19.8 Å². The number of para-hydroxylation sites is 2. The normalized spacial score (nSPS) is 17.4. The highest BCUT2D eigenvalue weighted by Gasteiger charge is 2.34. The average Bonchev–Trinajstić information content (AvgIpc) is 3.22. The molecule has 2 heterocycles. The Kier molecular flexibility index (Phi) is 5.06. The number of hydrogen-bond donors (Lipinski definition) is 1. The Balaban J connectivity index is 1.71. The fourth-order valence-corrected chi connectivity index (χ4v) is 3.53. The van der Waals surface area contributed by atoms with Crippen molar-refractivity contribution in [3.63, 3.8) is 0 Å². The van der Waals surface area contributed by atoms with Crippen molar-refractivity contribution >= 4 is 22.8 Å². The predicted molar refractivity (Wildman–Crippen MR) is 96.8 cm³/mol. The number of nitrogens with one attached hydrogen (secondary N) is 1. The second-order valence-corrected chi connectivity index (χ2v) is 6.82. The fourth-order valence-electron chi connectivity index (χ4n) is 3.53. The molecule has 1 aliphatic rings.